The predicted molar refractivity (Wildman–Crippen MR) is 64.2 cm³/mol. The van der Waals surface area contributed by atoms with Crippen LogP contribution in [0.4, 0.5) is 0 Å². The average Bonchev–Trinajstić information content (AvgIpc) is 2.61. The first-order valence-corrected chi connectivity index (χ1v) is 6.73. The molecule has 0 spiro atoms. The Hall–Kier alpha value is -0.120. The number of aliphatic hydroxyl groups is 2. The summed E-state index contributed by atoms with van der Waals surface area (Å²) in [6.07, 6.45) is 7.05. The van der Waals surface area contributed by atoms with Gasteiger partial charge in [-0.1, -0.05) is 19.8 Å². The Morgan fingerprint density at radius 2 is 2.06 bits per heavy atom. The van der Waals surface area contributed by atoms with Crippen LogP contribution in [0.3, 0.4) is 0 Å². The fourth-order valence-electron chi connectivity index (χ4n) is 3.29. The van der Waals surface area contributed by atoms with Crippen LogP contribution in [0.1, 0.15) is 51.9 Å². The van der Waals surface area contributed by atoms with Gasteiger partial charge in [0.15, 0.2) is 0 Å². The van der Waals surface area contributed by atoms with Gasteiger partial charge in [0.25, 0.3) is 0 Å². The highest BCUT2D eigenvalue weighted by atomic mass is 16.3. The molecule has 2 rings (SSSR count). The molecule has 0 bridgehead atoms. The largest absolute Gasteiger partial charge is 0.392 e. The van der Waals surface area contributed by atoms with Crippen molar-refractivity contribution in [1.29, 1.82) is 0 Å². The fourth-order valence-corrected chi connectivity index (χ4v) is 3.29. The van der Waals surface area contributed by atoms with E-state index in [9.17, 15) is 10.2 Å². The highest BCUT2D eigenvalue weighted by Crippen LogP contribution is 2.32. The summed E-state index contributed by atoms with van der Waals surface area (Å²) in [5, 5.41) is 23.5. The second kappa shape index (κ2) is 5.03. The first-order valence-electron chi connectivity index (χ1n) is 6.73. The minimum Gasteiger partial charge on any atom is -0.392 e. The third kappa shape index (κ3) is 2.96. The van der Waals surface area contributed by atoms with Gasteiger partial charge in [-0.2, -0.15) is 0 Å². The van der Waals surface area contributed by atoms with Gasteiger partial charge in [0.2, 0.25) is 0 Å². The summed E-state index contributed by atoms with van der Waals surface area (Å²) in [5.74, 6) is 0.633. The summed E-state index contributed by atoms with van der Waals surface area (Å²) >= 11 is 0. The highest BCUT2D eigenvalue weighted by molar-refractivity contribution is 4.90. The van der Waals surface area contributed by atoms with Crippen molar-refractivity contribution in [3.8, 4) is 0 Å². The number of nitrogens with one attached hydrogen (secondary N) is 1. The molecule has 16 heavy (non-hydrogen) atoms. The van der Waals surface area contributed by atoms with E-state index in [4.69, 9.17) is 0 Å². The summed E-state index contributed by atoms with van der Waals surface area (Å²) in [5.41, 5.74) is -0.528. The molecule has 0 heterocycles. The van der Waals surface area contributed by atoms with Crippen molar-refractivity contribution in [3.63, 3.8) is 0 Å². The van der Waals surface area contributed by atoms with Crippen LogP contribution in [0.5, 0.6) is 0 Å². The Bertz CT molecular complexity index is 234. The molecule has 4 atom stereocenters. The molecule has 2 aliphatic carbocycles. The summed E-state index contributed by atoms with van der Waals surface area (Å²) in [4.78, 5) is 0. The lowest BCUT2D eigenvalue weighted by molar-refractivity contribution is -0.0165. The summed E-state index contributed by atoms with van der Waals surface area (Å²) in [6, 6.07) is 0.209. The average molecular weight is 227 g/mol. The van der Waals surface area contributed by atoms with Crippen molar-refractivity contribution in [2.45, 2.75) is 69.6 Å². The molecule has 0 aromatic heterocycles. The van der Waals surface area contributed by atoms with Gasteiger partial charge < -0.3 is 15.5 Å². The van der Waals surface area contributed by atoms with E-state index in [2.05, 4.69) is 12.2 Å². The molecular weight excluding hydrogens is 202 g/mol. The Morgan fingerprint density at radius 1 is 1.25 bits per heavy atom. The lowest BCUT2D eigenvalue weighted by Crippen LogP contribution is -2.48. The van der Waals surface area contributed by atoms with E-state index in [1.807, 2.05) is 0 Å². The van der Waals surface area contributed by atoms with Crippen LogP contribution in [0.15, 0.2) is 0 Å². The Labute approximate surface area is 98.2 Å². The van der Waals surface area contributed by atoms with Crippen molar-refractivity contribution in [3.05, 3.63) is 0 Å². The summed E-state index contributed by atoms with van der Waals surface area (Å²) < 4.78 is 0. The van der Waals surface area contributed by atoms with Crippen LogP contribution in [0.25, 0.3) is 0 Å². The third-order valence-corrected chi connectivity index (χ3v) is 4.24. The van der Waals surface area contributed by atoms with E-state index < -0.39 is 5.60 Å². The SMILES string of the molecule is CC1CCCC(O)(CNC2CCCC2O)C1. The first kappa shape index (κ1) is 12.3. The lowest BCUT2D eigenvalue weighted by Gasteiger charge is -2.36. The monoisotopic (exact) mass is 227 g/mol. The van der Waals surface area contributed by atoms with Crippen molar-refractivity contribution in [2.75, 3.05) is 6.54 Å². The highest BCUT2D eigenvalue weighted by Gasteiger charge is 2.34. The molecule has 3 heteroatoms. The zero-order valence-electron chi connectivity index (χ0n) is 10.3. The Kier molecular flexibility index (Phi) is 3.88. The zero-order valence-corrected chi connectivity index (χ0v) is 10.3. The van der Waals surface area contributed by atoms with Gasteiger partial charge in [0, 0.05) is 12.6 Å². The number of aliphatic hydroxyl groups excluding tert-OH is 1. The van der Waals surface area contributed by atoms with Crippen molar-refractivity contribution < 1.29 is 10.2 Å². The molecule has 2 aliphatic rings. The Morgan fingerprint density at radius 3 is 2.69 bits per heavy atom. The van der Waals surface area contributed by atoms with Crippen LogP contribution in [0.2, 0.25) is 0 Å². The van der Waals surface area contributed by atoms with Crippen LogP contribution in [-0.2, 0) is 0 Å². The number of hydrogen-bond donors (Lipinski definition) is 3. The molecular formula is C13H25NO2. The second-order valence-corrected chi connectivity index (χ2v) is 5.91. The van der Waals surface area contributed by atoms with Crippen molar-refractivity contribution >= 4 is 0 Å². The number of rotatable bonds is 3. The maximum Gasteiger partial charge on any atom is 0.0774 e. The number of hydrogen-bond acceptors (Lipinski definition) is 3. The molecule has 4 unspecified atom stereocenters. The second-order valence-electron chi connectivity index (χ2n) is 5.91. The van der Waals surface area contributed by atoms with E-state index in [-0.39, 0.29) is 12.1 Å². The minimum absolute atomic E-state index is 0.204. The first-order chi connectivity index (χ1) is 7.59. The minimum atomic E-state index is -0.528. The van der Waals surface area contributed by atoms with E-state index in [0.717, 1.165) is 38.5 Å². The molecule has 2 saturated carbocycles. The maximum atomic E-state index is 10.4. The van der Waals surface area contributed by atoms with Gasteiger partial charge in [-0.3, -0.25) is 0 Å². The molecule has 2 fully saturated rings. The van der Waals surface area contributed by atoms with E-state index >= 15 is 0 Å². The normalized spacial score (nSPS) is 44.8. The molecule has 3 N–H and O–H groups in total. The van der Waals surface area contributed by atoms with E-state index in [1.54, 1.807) is 0 Å². The third-order valence-electron chi connectivity index (χ3n) is 4.24. The van der Waals surface area contributed by atoms with Gasteiger partial charge in [0.1, 0.15) is 0 Å². The fraction of sp³-hybridized carbons (Fsp3) is 1.00. The maximum absolute atomic E-state index is 10.4. The van der Waals surface area contributed by atoms with Crippen molar-refractivity contribution in [1.82, 2.24) is 5.32 Å². The van der Waals surface area contributed by atoms with Gasteiger partial charge >= 0.3 is 0 Å². The zero-order chi connectivity index (χ0) is 11.6. The van der Waals surface area contributed by atoms with Crippen LogP contribution >= 0.6 is 0 Å². The van der Waals surface area contributed by atoms with E-state index in [0.29, 0.717) is 12.5 Å². The quantitative estimate of drug-likeness (QED) is 0.683. The van der Waals surface area contributed by atoms with Gasteiger partial charge in [-0.25, -0.2) is 0 Å². The summed E-state index contributed by atoms with van der Waals surface area (Å²) in [7, 11) is 0. The van der Waals surface area contributed by atoms with Crippen molar-refractivity contribution in [2.24, 2.45) is 5.92 Å². The lowest BCUT2D eigenvalue weighted by atomic mass is 9.79. The molecule has 0 saturated heterocycles. The van der Waals surface area contributed by atoms with Crippen LogP contribution in [0, 0.1) is 5.92 Å². The molecule has 0 radical (unpaired) electrons. The van der Waals surface area contributed by atoms with Gasteiger partial charge in [-0.05, 0) is 38.0 Å². The molecule has 0 amide bonds. The van der Waals surface area contributed by atoms with Crippen LogP contribution in [-0.4, -0.2) is 34.5 Å². The predicted octanol–water partition coefficient (Wildman–Crippen LogP) is 1.43. The molecule has 0 aromatic rings. The summed E-state index contributed by atoms with van der Waals surface area (Å²) in [6.45, 7) is 2.87. The molecule has 3 nitrogen and oxygen atoms in total. The van der Waals surface area contributed by atoms with Gasteiger partial charge in [-0.15, -0.1) is 0 Å². The molecule has 0 aromatic carbocycles. The van der Waals surface area contributed by atoms with Gasteiger partial charge in [0.05, 0.1) is 11.7 Å². The standard InChI is InChI=1S/C13H25NO2/c1-10-4-3-7-13(16,8-10)9-14-11-5-2-6-12(11)15/h10-12,14-16H,2-9H2,1H3. The Balaban J connectivity index is 1.79. The smallest absolute Gasteiger partial charge is 0.0774 e. The molecule has 94 valence electrons. The molecule has 0 aliphatic heterocycles. The topological polar surface area (TPSA) is 52.5 Å². The van der Waals surface area contributed by atoms with Crippen LogP contribution < -0.4 is 5.32 Å². The van der Waals surface area contributed by atoms with E-state index in [1.165, 1.54) is 6.42 Å².